The lowest BCUT2D eigenvalue weighted by Gasteiger charge is -2.09. The Kier molecular flexibility index (Phi) is 2.64. The highest BCUT2D eigenvalue weighted by atomic mass is 14.1. The second-order valence-corrected chi connectivity index (χ2v) is 4.90. The van der Waals surface area contributed by atoms with Crippen molar-refractivity contribution < 1.29 is 0 Å². The van der Waals surface area contributed by atoms with E-state index in [-0.39, 0.29) is 0 Å². The molecule has 0 radical (unpaired) electrons. The molecule has 0 atom stereocenters. The molecular formula is C18H16. The molecule has 0 nitrogen and oxygen atoms in total. The first kappa shape index (κ1) is 11.0. The molecule has 0 aliphatic carbocycles. The monoisotopic (exact) mass is 232 g/mol. The maximum atomic E-state index is 2.27. The smallest absolute Gasteiger partial charge is 0.0103 e. The van der Waals surface area contributed by atoms with Gasteiger partial charge >= 0.3 is 0 Å². The molecule has 0 aliphatic heterocycles. The summed E-state index contributed by atoms with van der Waals surface area (Å²) >= 11 is 0. The minimum Gasteiger partial charge on any atom is -0.0622 e. The quantitative estimate of drug-likeness (QED) is 0.546. The Morgan fingerprint density at radius 1 is 0.667 bits per heavy atom. The van der Waals surface area contributed by atoms with Crippen molar-refractivity contribution in [3.63, 3.8) is 0 Å². The van der Waals surface area contributed by atoms with Gasteiger partial charge < -0.3 is 0 Å². The molecule has 3 aromatic rings. The number of hydrogen-bond donors (Lipinski definition) is 0. The van der Waals surface area contributed by atoms with E-state index < -0.39 is 0 Å². The van der Waals surface area contributed by atoms with Crippen LogP contribution in [0.3, 0.4) is 0 Å². The first-order chi connectivity index (χ1) is 8.74. The third-order valence-corrected chi connectivity index (χ3v) is 3.34. The van der Waals surface area contributed by atoms with E-state index in [9.17, 15) is 0 Å². The predicted molar refractivity (Wildman–Crippen MR) is 78.9 cm³/mol. The van der Waals surface area contributed by atoms with Gasteiger partial charge in [-0.05, 0) is 41.3 Å². The summed E-state index contributed by atoms with van der Waals surface area (Å²) < 4.78 is 0. The summed E-state index contributed by atoms with van der Waals surface area (Å²) in [6.07, 6.45) is 0. The highest BCUT2D eigenvalue weighted by molar-refractivity contribution is 5.97. The molecule has 0 heteroatoms. The molecule has 0 bridgehead atoms. The van der Waals surface area contributed by atoms with E-state index in [2.05, 4.69) is 74.5 Å². The van der Waals surface area contributed by atoms with Gasteiger partial charge in [0.1, 0.15) is 0 Å². The highest BCUT2D eigenvalue weighted by Gasteiger charge is 2.05. The summed E-state index contributed by atoms with van der Waals surface area (Å²) in [5.74, 6) is 0. The Bertz CT molecular complexity index is 694. The van der Waals surface area contributed by atoms with E-state index in [0.717, 1.165) is 0 Å². The fourth-order valence-electron chi connectivity index (χ4n) is 2.48. The van der Waals surface area contributed by atoms with Crippen LogP contribution < -0.4 is 0 Å². The standard InChI is InChI=1S/C18H16/c1-13-8-9-16-10-14(2)12-17(18(16)11-13)15-6-4-3-5-7-15/h3-12H,1-2H3. The van der Waals surface area contributed by atoms with Gasteiger partial charge in [-0.3, -0.25) is 0 Å². The maximum Gasteiger partial charge on any atom is -0.0103 e. The van der Waals surface area contributed by atoms with Crippen molar-refractivity contribution >= 4 is 10.8 Å². The van der Waals surface area contributed by atoms with Crippen molar-refractivity contribution in [3.05, 3.63) is 71.8 Å². The maximum absolute atomic E-state index is 2.27. The van der Waals surface area contributed by atoms with E-state index in [1.54, 1.807) is 0 Å². The molecule has 3 aromatic carbocycles. The summed E-state index contributed by atoms with van der Waals surface area (Å²) in [7, 11) is 0. The van der Waals surface area contributed by atoms with Gasteiger partial charge in [0.2, 0.25) is 0 Å². The number of hydrogen-bond acceptors (Lipinski definition) is 0. The van der Waals surface area contributed by atoms with Crippen molar-refractivity contribution in [2.24, 2.45) is 0 Å². The van der Waals surface area contributed by atoms with Crippen LogP contribution in [0.25, 0.3) is 21.9 Å². The fourth-order valence-corrected chi connectivity index (χ4v) is 2.48. The molecular weight excluding hydrogens is 216 g/mol. The zero-order valence-corrected chi connectivity index (χ0v) is 10.8. The Labute approximate surface area is 108 Å². The Morgan fingerprint density at radius 2 is 1.44 bits per heavy atom. The summed E-state index contributed by atoms with van der Waals surface area (Å²) in [6, 6.07) is 21.8. The van der Waals surface area contributed by atoms with Crippen LogP contribution in [0.4, 0.5) is 0 Å². The van der Waals surface area contributed by atoms with Crippen LogP contribution in [-0.2, 0) is 0 Å². The highest BCUT2D eigenvalue weighted by Crippen LogP contribution is 2.30. The lowest BCUT2D eigenvalue weighted by atomic mass is 9.95. The van der Waals surface area contributed by atoms with E-state index >= 15 is 0 Å². The Hall–Kier alpha value is -2.08. The normalized spacial score (nSPS) is 10.8. The SMILES string of the molecule is Cc1cc(-c2ccccc2)c2cc(C)ccc2c1. The first-order valence-corrected chi connectivity index (χ1v) is 6.30. The number of fused-ring (bicyclic) bond motifs is 1. The largest absolute Gasteiger partial charge is 0.0622 e. The van der Waals surface area contributed by atoms with Crippen molar-refractivity contribution in [3.8, 4) is 11.1 Å². The second-order valence-electron chi connectivity index (χ2n) is 4.90. The second kappa shape index (κ2) is 4.30. The van der Waals surface area contributed by atoms with Crippen molar-refractivity contribution in [2.75, 3.05) is 0 Å². The molecule has 0 aromatic heterocycles. The minimum absolute atomic E-state index is 1.29. The third-order valence-electron chi connectivity index (χ3n) is 3.34. The van der Waals surface area contributed by atoms with Gasteiger partial charge in [0.15, 0.2) is 0 Å². The number of aryl methyl sites for hydroxylation is 2. The van der Waals surface area contributed by atoms with Gasteiger partial charge in [0.25, 0.3) is 0 Å². The van der Waals surface area contributed by atoms with E-state index in [1.807, 2.05) is 0 Å². The first-order valence-electron chi connectivity index (χ1n) is 6.30. The van der Waals surface area contributed by atoms with Crippen LogP contribution in [0.5, 0.6) is 0 Å². The molecule has 88 valence electrons. The lowest BCUT2D eigenvalue weighted by Crippen LogP contribution is -1.85. The fraction of sp³-hybridized carbons (Fsp3) is 0.111. The minimum atomic E-state index is 1.29. The molecule has 0 spiro atoms. The van der Waals surface area contributed by atoms with Gasteiger partial charge in [-0.15, -0.1) is 0 Å². The van der Waals surface area contributed by atoms with E-state index in [1.165, 1.54) is 33.0 Å². The van der Waals surface area contributed by atoms with Gasteiger partial charge in [0.05, 0.1) is 0 Å². The molecule has 0 amide bonds. The summed E-state index contributed by atoms with van der Waals surface area (Å²) in [5.41, 5.74) is 5.24. The van der Waals surface area contributed by atoms with Crippen LogP contribution in [0, 0.1) is 13.8 Å². The third kappa shape index (κ3) is 1.91. The van der Waals surface area contributed by atoms with Crippen LogP contribution in [0.2, 0.25) is 0 Å². The van der Waals surface area contributed by atoms with Gasteiger partial charge in [-0.1, -0.05) is 66.2 Å². The molecule has 18 heavy (non-hydrogen) atoms. The van der Waals surface area contributed by atoms with Crippen molar-refractivity contribution in [2.45, 2.75) is 13.8 Å². The van der Waals surface area contributed by atoms with Crippen LogP contribution >= 0.6 is 0 Å². The Morgan fingerprint density at radius 3 is 2.22 bits per heavy atom. The molecule has 0 saturated carbocycles. The molecule has 0 heterocycles. The van der Waals surface area contributed by atoms with Crippen molar-refractivity contribution in [1.29, 1.82) is 0 Å². The van der Waals surface area contributed by atoms with Gasteiger partial charge in [-0.2, -0.15) is 0 Å². The van der Waals surface area contributed by atoms with E-state index in [4.69, 9.17) is 0 Å². The van der Waals surface area contributed by atoms with Crippen LogP contribution in [0.1, 0.15) is 11.1 Å². The topological polar surface area (TPSA) is 0 Å². The lowest BCUT2D eigenvalue weighted by molar-refractivity contribution is 1.47. The molecule has 0 aliphatic rings. The predicted octanol–water partition coefficient (Wildman–Crippen LogP) is 5.12. The van der Waals surface area contributed by atoms with Gasteiger partial charge in [-0.25, -0.2) is 0 Å². The number of rotatable bonds is 1. The molecule has 0 unspecified atom stereocenters. The van der Waals surface area contributed by atoms with E-state index in [0.29, 0.717) is 0 Å². The van der Waals surface area contributed by atoms with Gasteiger partial charge in [0, 0.05) is 0 Å². The summed E-state index contributed by atoms with van der Waals surface area (Å²) in [4.78, 5) is 0. The zero-order valence-electron chi connectivity index (χ0n) is 10.8. The molecule has 0 saturated heterocycles. The number of benzene rings is 3. The Balaban J connectivity index is 2.37. The van der Waals surface area contributed by atoms with Crippen LogP contribution in [-0.4, -0.2) is 0 Å². The molecule has 0 N–H and O–H groups in total. The molecule has 0 fully saturated rings. The summed E-state index contributed by atoms with van der Waals surface area (Å²) in [5, 5.41) is 2.66. The van der Waals surface area contributed by atoms with Crippen LogP contribution in [0.15, 0.2) is 60.7 Å². The molecule has 3 rings (SSSR count). The zero-order chi connectivity index (χ0) is 12.5. The summed E-state index contributed by atoms with van der Waals surface area (Å²) in [6.45, 7) is 4.31. The van der Waals surface area contributed by atoms with Crippen molar-refractivity contribution in [1.82, 2.24) is 0 Å². The average Bonchev–Trinajstić information content (AvgIpc) is 2.39. The average molecular weight is 232 g/mol.